The van der Waals surface area contributed by atoms with Crippen molar-refractivity contribution in [1.29, 1.82) is 0 Å². The maximum atomic E-state index is 12.6. The number of hydrogen-bond acceptors (Lipinski definition) is 5. The van der Waals surface area contributed by atoms with Crippen molar-refractivity contribution < 1.29 is 32.5 Å². The number of phenols is 1. The van der Waals surface area contributed by atoms with Gasteiger partial charge in [0.2, 0.25) is 0 Å². The Bertz CT molecular complexity index is 1090. The smallest absolute Gasteiger partial charge is 0.508 e. The van der Waals surface area contributed by atoms with Gasteiger partial charge in [0.25, 0.3) is 5.56 Å². The Kier molecular flexibility index (Phi) is 6.38. The molecule has 0 spiro atoms. The lowest BCUT2D eigenvalue weighted by Gasteiger charge is -2.16. The van der Waals surface area contributed by atoms with Crippen molar-refractivity contribution in [3.05, 3.63) is 81.3 Å². The van der Waals surface area contributed by atoms with Crippen molar-refractivity contribution >= 4 is 5.97 Å². The molecule has 0 aliphatic rings. The predicted octanol–water partition coefficient (Wildman–Crippen LogP) is 3.59. The summed E-state index contributed by atoms with van der Waals surface area (Å²) in [6, 6.07) is 11.3. The molecule has 0 saturated heterocycles. The quantitative estimate of drug-likeness (QED) is 0.491. The maximum absolute atomic E-state index is 12.6. The van der Waals surface area contributed by atoms with Gasteiger partial charge in [-0.2, -0.15) is 0 Å². The van der Waals surface area contributed by atoms with Crippen LogP contribution in [-0.2, 0) is 16.0 Å². The summed E-state index contributed by atoms with van der Waals surface area (Å²) in [7, 11) is 1.24. The number of rotatable bonds is 7. The number of phenolic OH excluding ortho intramolecular Hbond substituents is 1. The molecule has 3 N–H and O–H groups in total. The molecule has 1 aromatic heterocycles. The Morgan fingerprint density at radius 3 is 2.29 bits per heavy atom. The molecule has 0 aliphatic heterocycles. The van der Waals surface area contributed by atoms with E-state index in [1.165, 1.54) is 43.5 Å². The lowest BCUT2D eigenvalue weighted by molar-refractivity contribution is -0.274. The highest BCUT2D eigenvalue weighted by atomic mass is 19.4. The molecular weight excluding hydrogens is 417 g/mol. The minimum absolute atomic E-state index is 0.0323. The van der Waals surface area contributed by atoms with Crippen molar-refractivity contribution in [2.45, 2.75) is 25.1 Å². The van der Waals surface area contributed by atoms with Crippen molar-refractivity contribution in [2.75, 3.05) is 7.11 Å². The first kappa shape index (κ1) is 22.0. The van der Waals surface area contributed by atoms with Gasteiger partial charge >= 0.3 is 12.3 Å². The normalized spacial score (nSPS) is 12.4. The number of aromatic amines is 2. The molecular formula is C21H19F3N2O5. The fourth-order valence-corrected chi connectivity index (χ4v) is 3.27. The second-order valence-electron chi connectivity index (χ2n) is 6.76. The molecule has 0 radical (unpaired) electrons. The van der Waals surface area contributed by atoms with Gasteiger partial charge < -0.3 is 19.7 Å². The van der Waals surface area contributed by atoms with Crippen LogP contribution in [0.2, 0.25) is 0 Å². The van der Waals surface area contributed by atoms with E-state index >= 15 is 0 Å². The summed E-state index contributed by atoms with van der Waals surface area (Å²) in [6.45, 7) is 0. The lowest BCUT2D eigenvalue weighted by Crippen LogP contribution is -2.18. The number of carbonyl (C=O) groups is 1. The molecule has 7 nitrogen and oxygen atoms in total. The Morgan fingerprint density at radius 1 is 1.06 bits per heavy atom. The van der Waals surface area contributed by atoms with E-state index in [0.29, 0.717) is 22.4 Å². The van der Waals surface area contributed by atoms with Gasteiger partial charge in [-0.15, -0.1) is 13.2 Å². The van der Waals surface area contributed by atoms with E-state index in [1.807, 2.05) is 0 Å². The number of carbonyl (C=O) groups excluding carboxylic acids is 1. The van der Waals surface area contributed by atoms with Crippen LogP contribution in [0, 0.1) is 0 Å². The number of alkyl halides is 3. The number of hydrogen-bond donors (Lipinski definition) is 3. The summed E-state index contributed by atoms with van der Waals surface area (Å²) in [5, 5.41) is 14.8. The average molecular weight is 436 g/mol. The van der Waals surface area contributed by atoms with Crippen LogP contribution < -0.4 is 10.3 Å². The molecule has 0 saturated carbocycles. The third-order valence-electron chi connectivity index (χ3n) is 4.68. The van der Waals surface area contributed by atoms with Crippen molar-refractivity contribution in [2.24, 2.45) is 0 Å². The lowest BCUT2D eigenvalue weighted by atomic mass is 9.87. The van der Waals surface area contributed by atoms with E-state index in [2.05, 4.69) is 14.9 Å². The van der Waals surface area contributed by atoms with E-state index in [4.69, 9.17) is 4.74 Å². The van der Waals surface area contributed by atoms with Crippen LogP contribution in [0.25, 0.3) is 0 Å². The Hall–Kier alpha value is -3.69. The van der Waals surface area contributed by atoms with Crippen LogP contribution in [0.5, 0.6) is 11.5 Å². The number of nitrogens with one attached hydrogen (secondary N) is 2. The number of benzene rings is 2. The molecule has 0 unspecified atom stereocenters. The fraction of sp³-hybridized carbons (Fsp3) is 0.238. The minimum atomic E-state index is -4.79. The number of ether oxygens (including phenoxy) is 2. The van der Waals surface area contributed by atoms with Gasteiger partial charge in [-0.3, -0.25) is 14.7 Å². The summed E-state index contributed by atoms with van der Waals surface area (Å²) in [5.74, 6) is -1.51. The van der Waals surface area contributed by atoms with Crippen LogP contribution in [0.4, 0.5) is 13.2 Å². The first-order valence-electron chi connectivity index (χ1n) is 9.16. The van der Waals surface area contributed by atoms with Gasteiger partial charge in [-0.05, 0) is 35.4 Å². The number of methoxy groups -OCH3 is 1. The SMILES string of the molecule is COC(=O)C[C@@H](c1ccc(O)cc1)c1c(Cc2ccc(OC(F)(F)F)cc2)[nH][nH]c1=O. The third-order valence-corrected chi connectivity index (χ3v) is 4.68. The Morgan fingerprint density at radius 2 is 1.71 bits per heavy atom. The zero-order valence-corrected chi connectivity index (χ0v) is 16.3. The molecule has 3 rings (SSSR count). The number of halogens is 3. The van der Waals surface area contributed by atoms with Gasteiger partial charge in [0, 0.05) is 23.6 Å². The standard InChI is InChI=1S/C21H19F3N2O5/c1-30-18(28)11-16(13-4-6-14(27)7-5-13)19-17(25-26-20(19)29)10-12-2-8-15(9-3-12)31-21(22,23)24/h2-9,16,27H,10-11H2,1H3,(H2,25,26,29)/t16-/m0/s1. The molecule has 0 amide bonds. The zero-order valence-electron chi connectivity index (χ0n) is 16.3. The number of esters is 1. The highest BCUT2D eigenvalue weighted by Gasteiger charge is 2.31. The maximum Gasteiger partial charge on any atom is 0.573 e. The molecule has 2 aromatic carbocycles. The van der Waals surface area contributed by atoms with Crippen LogP contribution in [-0.4, -0.2) is 34.7 Å². The molecule has 1 heterocycles. The summed E-state index contributed by atoms with van der Waals surface area (Å²) in [6.07, 6.45) is -4.71. The molecule has 0 fully saturated rings. The second kappa shape index (κ2) is 8.99. The first-order chi connectivity index (χ1) is 14.7. The number of aromatic hydroxyl groups is 1. The zero-order chi connectivity index (χ0) is 22.6. The van der Waals surface area contributed by atoms with Crippen LogP contribution in [0.15, 0.2) is 53.3 Å². The van der Waals surface area contributed by atoms with Crippen LogP contribution in [0.3, 0.4) is 0 Å². The molecule has 31 heavy (non-hydrogen) atoms. The molecule has 3 aromatic rings. The molecule has 1 atom stereocenters. The van der Waals surface area contributed by atoms with Crippen molar-refractivity contribution in [1.82, 2.24) is 10.2 Å². The van der Waals surface area contributed by atoms with Crippen molar-refractivity contribution in [3.63, 3.8) is 0 Å². The van der Waals surface area contributed by atoms with E-state index < -0.39 is 23.8 Å². The minimum Gasteiger partial charge on any atom is -0.508 e. The van der Waals surface area contributed by atoms with Gasteiger partial charge in [0.1, 0.15) is 11.5 Å². The van der Waals surface area contributed by atoms with Crippen LogP contribution in [0.1, 0.15) is 34.7 Å². The summed E-state index contributed by atoms with van der Waals surface area (Å²) in [4.78, 5) is 24.5. The molecule has 164 valence electrons. The number of H-pyrrole nitrogens is 2. The largest absolute Gasteiger partial charge is 0.573 e. The highest BCUT2D eigenvalue weighted by Crippen LogP contribution is 2.30. The fourth-order valence-electron chi connectivity index (χ4n) is 3.27. The topological polar surface area (TPSA) is 104 Å². The molecule has 0 bridgehead atoms. The van der Waals surface area contributed by atoms with Crippen LogP contribution >= 0.6 is 0 Å². The van der Waals surface area contributed by atoms with E-state index in [-0.39, 0.29) is 24.3 Å². The highest BCUT2D eigenvalue weighted by molar-refractivity contribution is 5.71. The molecule has 0 aliphatic carbocycles. The van der Waals surface area contributed by atoms with E-state index in [9.17, 15) is 27.9 Å². The second-order valence-corrected chi connectivity index (χ2v) is 6.76. The number of aromatic nitrogens is 2. The summed E-state index contributed by atoms with van der Waals surface area (Å²) in [5.41, 5.74) is 1.56. The monoisotopic (exact) mass is 436 g/mol. The Balaban J connectivity index is 1.92. The van der Waals surface area contributed by atoms with Gasteiger partial charge in [0.05, 0.1) is 13.5 Å². The summed E-state index contributed by atoms with van der Waals surface area (Å²) >= 11 is 0. The predicted molar refractivity (Wildman–Crippen MR) is 104 cm³/mol. The first-order valence-corrected chi connectivity index (χ1v) is 9.16. The Labute approximate surface area is 174 Å². The molecule has 10 heteroatoms. The average Bonchev–Trinajstić information content (AvgIpc) is 3.07. The van der Waals surface area contributed by atoms with E-state index in [0.717, 1.165) is 0 Å². The van der Waals surface area contributed by atoms with Crippen molar-refractivity contribution in [3.8, 4) is 11.5 Å². The van der Waals surface area contributed by atoms with E-state index in [1.54, 1.807) is 12.1 Å². The van der Waals surface area contributed by atoms with Gasteiger partial charge in [0.15, 0.2) is 0 Å². The summed E-state index contributed by atoms with van der Waals surface area (Å²) < 4.78 is 45.6. The van der Waals surface area contributed by atoms with Gasteiger partial charge in [-0.25, -0.2) is 0 Å². The third kappa shape index (κ3) is 5.68. The van der Waals surface area contributed by atoms with Gasteiger partial charge in [-0.1, -0.05) is 24.3 Å².